The second kappa shape index (κ2) is 7.89. The SMILES string of the molecule is O=C(c1ccc(C(F)(F)F)cc1)N1CCC(c2noc(-c3cccc(F)c3)n2)CC1. The largest absolute Gasteiger partial charge is 0.416 e. The van der Waals surface area contributed by atoms with Gasteiger partial charge < -0.3 is 9.42 Å². The van der Waals surface area contributed by atoms with Gasteiger partial charge in [-0.05, 0) is 55.3 Å². The lowest BCUT2D eigenvalue weighted by Crippen LogP contribution is -2.38. The minimum Gasteiger partial charge on any atom is -0.339 e. The molecule has 3 aromatic rings. The topological polar surface area (TPSA) is 59.2 Å². The second-order valence-corrected chi connectivity index (χ2v) is 7.11. The highest BCUT2D eigenvalue weighted by atomic mass is 19.4. The van der Waals surface area contributed by atoms with Crippen LogP contribution in [0.5, 0.6) is 0 Å². The van der Waals surface area contributed by atoms with E-state index in [0.29, 0.717) is 37.3 Å². The average Bonchev–Trinajstić information content (AvgIpc) is 3.23. The molecule has 2 heterocycles. The summed E-state index contributed by atoms with van der Waals surface area (Å²) in [6.45, 7) is 0.850. The van der Waals surface area contributed by atoms with Gasteiger partial charge in [0.05, 0.1) is 5.56 Å². The van der Waals surface area contributed by atoms with Crippen molar-refractivity contribution < 1.29 is 26.9 Å². The summed E-state index contributed by atoms with van der Waals surface area (Å²) in [5.41, 5.74) is -0.0814. The average molecular weight is 419 g/mol. The highest BCUT2D eigenvalue weighted by Crippen LogP contribution is 2.31. The van der Waals surface area contributed by atoms with Crippen LogP contribution in [0.1, 0.15) is 40.5 Å². The Labute approximate surface area is 169 Å². The van der Waals surface area contributed by atoms with E-state index < -0.39 is 17.6 Å². The molecule has 30 heavy (non-hydrogen) atoms. The van der Waals surface area contributed by atoms with E-state index in [1.807, 2.05) is 0 Å². The Hall–Kier alpha value is -3.23. The van der Waals surface area contributed by atoms with Gasteiger partial charge in [-0.1, -0.05) is 11.2 Å². The number of halogens is 4. The van der Waals surface area contributed by atoms with Crippen molar-refractivity contribution in [3.8, 4) is 11.5 Å². The van der Waals surface area contributed by atoms with Crippen LogP contribution in [-0.2, 0) is 6.18 Å². The van der Waals surface area contributed by atoms with Gasteiger partial charge in [0.1, 0.15) is 5.82 Å². The molecule has 4 rings (SSSR count). The van der Waals surface area contributed by atoms with E-state index in [9.17, 15) is 22.4 Å². The van der Waals surface area contributed by atoms with Crippen LogP contribution in [0, 0.1) is 5.82 Å². The Bertz CT molecular complexity index is 1040. The summed E-state index contributed by atoms with van der Waals surface area (Å²) in [5, 5.41) is 3.99. The number of nitrogens with zero attached hydrogens (tertiary/aromatic N) is 3. The Morgan fingerprint density at radius 1 is 1.07 bits per heavy atom. The Balaban J connectivity index is 1.39. The molecule has 1 aliphatic heterocycles. The van der Waals surface area contributed by atoms with Crippen molar-refractivity contribution in [1.29, 1.82) is 0 Å². The standard InChI is InChI=1S/C21H17F4N3O2/c22-17-3-1-2-15(12-17)19-26-18(27-30-19)13-8-10-28(11-9-13)20(29)14-4-6-16(7-5-14)21(23,24)25/h1-7,12-13H,8-11H2. The summed E-state index contributed by atoms with van der Waals surface area (Å²) in [6.07, 6.45) is -3.25. The fourth-order valence-corrected chi connectivity index (χ4v) is 3.46. The number of carbonyl (C=O) groups is 1. The molecule has 1 fully saturated rings. The third kappa shape index (κ3) is 4.19. The zero-order valence-electron chi connectivity index (χ0n) is 15.7. The molecule has 1 amide bonds. The van der Waals surface area contributed by atoms with E-state index >= 15 is 0 Å². The number of alkyl halides is 3. The lowest BCUT2D eigenvalue weighted by molar-refractivity contribution is -0.137. The van der Waals surface area contributed by atoms with Crippen molar-refractivity contribution >= 4 is 5.91 Å². The summed E-state index contributed by atoms with van der Waals surface area (Å²) < 4.78 is 56.6. The monoisotopic (exact) mass is 419 g/mol. The molecule has 0 atom stereocenters. The zero-order chi connectivity index (χ0) is 21.3. The third-order valence-corrected chi connectivity index (χ3v) is 5.12. The van der Waals surface area contributed by atoms with Crippen molar-refractivity contribution in [2.75, 3.05) is 13.1 Å². The molecule has 2 aromatic carbocycles. The van der Waals surface area contributed by atoms with Gasteiger partial charge >= 0.3 is 6.18 Å². The van der Waals surface area contributed by atoms with Crippen molar-refractivity contribution in [1.82, 2.24) is 15.0 Å². The van der Waals surface area contributed by atoms with Crippen molar-refractivity contribution in [3.05, 3.63) is 71.3 Å². The van der Waals surface area contributed by atoms with E-state index in [4.69, 9.17) is 4.52 Å². The van der Waals surface area contributed by atoms with Gasteiger partial charge in [0, 0.05) is 30.1 Å². The minimum atomic E-state index is -4.44. The van der Waals surface area contributed by atoms with E-state index in [0.717, 1.165) is 12.1 Å². The summed E-state index contributed by atoms with van der Waals surface area (Å²) in [5.74, 6) is -0.00515. The maximum atomic E-state index is 13.4. The molecule has 5 nitrogen and oxygen atoms in total. The first-order valence-corrected chi connectivity index (χ1v) is 9.37. The lowest BCUT2D eigenvalue weighted by atomic mass is 9.95. The quantitative estimate of drug-likeness (QED) is 0.566. The number of amides is 1. The van der Waals surface area contributed by atoms with Crippen LogP contribution in [0.3, 0.4) is 0 Å². The van der Waals surface area contributed by atoms with E-state index in [-0.39, 0.29) is 23.3 Å². The molecule has 156 valence electrons. The molecule has 0 unspecified atom stereocenters. The number of carbonyl (C=O) groups excluding carboxylic acids is 1. The first-order valence-electron chi connectivity index (χ1n) is 9.37. The first-order chi connectivity index (χ1) is 14.3. The molecular weight excluding hydrogens is 402 g/mol. The Morgan fingerprint density at radius 2 is 1.77 bits per heavy atom. The highest BCUT2D eigenvalue weighted by Gasteiger charge is 2.31. The Morgan fingerprint density at radius 3 is 2.40 bits per heavy atom. The molecule has 0 saturated carbocycles. The summed E-state index contributed by atoms with van der Waals surface area (Å²) in [7, 11) is 0. The maximum absolute atomic E-state index is 13.4. The van der Waals surface area contributed by atoms with E-state index in [1.54, 1.807) is 17.0 Å². The number of likely N-dealkylation sites (tertiary alicyclic amines) is 1. The molecule has 0 spiro atoms. The van der Waals surface area contributed by atoms with Gasteiger partial charge in [0.2, 0.25) is 0 Å². The number of aromatic nitrogens is 2. The van der Waals surface area contributed by atoms with Crippen LogP contribution in [0.4, 0.5) is 17.6 Å². The van der Waals surface area contributed by atoms with Crippen LogP contribution in [0.15, 0.2) is 53.1 Å². The molecule has 0 radical (unpaired) electrons. The molecule has 0 aliphatic carbocycles. The van der Waals surface area contributed by atoms with Gasteiger partial charge in [0.25, 0.3) is 11.8 Å². The summed E-state index contributed by atoms with van der Waals surface area (Å²) in [4.78, 5) is 18.5. The molecule has 9 heteroatoms. The van der Waals surface area contributed by atoms with Crippen molar-refractivity contribution in [2.45, 2.75) is 24.9 Å². The zero-order valence-corrected chi connectivity index (χ0v) is 15.7. The fraction of sp³-hybridized carbons (Fsp3) is 0.286. The maximum Gasteiger partial charge on any atom is 0.416 e. The molecule has 1 saturated heterocycles. The van der Waals surface area contributed by atoms with Gasteiger partial charge in [-0.3, -0.25) is 4.79 Å². The van der Waals surface area contributed by atoms with Gasteiger partial charge in [-0.15, -0.1) is 0 Å². The number of benzene rings is 2. The number of rotatable bonds is 3. The lowest BCUT2D eigenvalue weighted by Gasteiger charge is -2.30. The second-order valence-electron chi connectivity index (χ2n) is 7.11. The summed E-state index contributed by atoms with van der Waals surface area (Å²) >= 11 is 0. The van der Waals surface area contributed by atoms with Crippen molar-refractivity contribution in [2.24, 2.45) is 0 Å². The molecular formula is C21H17F4N3O2. The van der Waals surface area contributed by atoms with Crippen LogP contribution >= 0.6 is 0 Å². The van der Waals surface area contributed by atoms with Gasteiger partial charge in [-0.2, -0.15) is 18.2 Å². The van der Waals surface area contributed by atoms with E-state index in [2.05, 4.69) is 10.1 Å². The molecule has 1 aromatic heterocycles. The molecule has 0 bridgehead atoms. The van der Waals surface area contributed by atoms with E-state index in [1.165, 1.54) is 24.3 Å². The summed E-state index contributed by atoms with van der Waals surface area (Å²) in [6, 6.07) is 10.1. The first kappa shape index (κ1) is 20.1. The predicted molar refractivity (Wildman–Crippen MR) is 99.0 cm³/mol. The van der Waals surface area contributed by atoms with Gasteiger partial charge in [0.15, 0.2) is 5.82 Å². The highest BCUT2D eigenvalue weighted by molar-refractivity contribution is 5.94. The normalized spacial score (nSPS) is 15.4. The van der Waals surface area contributed by atoms with Crippen LogP contribution in [0.2, 0.25) is 0 Å². The fourth-order valence-electron chi connectivity index (χ4n) is 3.46. The number of hydrogen-bond donors (Lipinski definition) is 0. The van der Waals surface area contributed by atoms with Crippen LogP contribution < -0.4 is 0 Å². The smallest absolute Gasteiger partial charge is 0.339 e. The molecule has 1 aliphatic rings. The van der Waals surface area contributed by atoms with Crippen molar-refractivity contribution in [3.63, 3.8) is 0 Å². The third-order valence-electron chi connectivity index (χ3n) is 5.12. The molecule has 0 N–H and O–H groups in total. The minimum absolute atomic E-state index is 0.0206. The predicted octanol–water partition coefficient (Wildman–Crippen LogP) is 4.91. The van der Waals surface area contributed by atoms with Gasteiger partial charge in [-0.25, -0.2) is 4.39 Å². The Kier molecular flexibility index (Phi) is 5.27. The number of hydrogen-bond acceptors (Lipinski definition) is 4. The van der Waals surface area contributed by atoms with Crippen LogP contribution in [-0.4, -0.2) is 34.0 Å². The number of piperidine rings is 1. The van der Waals surface area contributed by atoms with Crippen LogP contribution in [0.25, 0.3) is 11.5 Å².